The fourth-order valence-electron chi connectivity index (χ4n) is 4.03. The maximum absolute atomic E-state index is 13.0. The molecular formula is C23H41N4O2+. The smallest absolute Gasteiger partial charge is 0.232 e. The molecule has 0 fully saturated rings. The molecule has 0 saturated carbocycles. The van der Waals surface area contributed by atoms with Gasteiger partial charge in [0, 0.05) is 24.3 Å². The molecule has 6 heteroatoms. The summed E-state index contributed by atoms with van der Waals surface area (Å²) < 4.78 is 0.850. The van der Waals surface area contributed by atoms with Crippen molar-refractivity contribution in [3.8, 4) is 0 Å². The van der Waals surface area contributed by atoms with E-state index in [1.165, 1.54) is 0 Å². The van der Waals surface area contributed by atoms with Gasteiger partial charge in [0.1, 0.15) is 0 Å². The molecule has 0 aliphatic carbocycles. The number of amides is 2. The van der Waals surface area contributed by atoms with Crippen LogP contribution in [0.5, 0.6) is 0 Å². The molecule has 1 aromatic carbocycles. The van der Waals surface area contributed by atoms with Crippen LogP contribution >= 0.6 is 0 Å². The van der Waals surface area contributed by atoms with E-state index in [-0.39, 0.29) is 11.8 Å². The monoisotopic (exact) mass is 405 g/mol. The molecule has 0 aliphatic heterocycles. The Morgan fingerprint density at radius 2 is 1.76 bits per heavy atom. The van der Waals surface area contributed by atoms with Crippen LogP contribution < -0.4 is 16.0 Å². The summed E-state index contributed by atoms with van der Waals surface area (Å²) in [6, 6.07) is 7.91. The lowest BCUT2D eigenvalue weighted by Gasteiger charge is -2.43. The van der Waals surface area contributed by atoms with Gasteiger partial charge in [0.2, 0.25) is 11.8 Å². The van der Waals surface area contributed by atoms with Gasteiger partial charge < -0.3 is 20.4 Å². The zero-order valence-corrected chi connectivity index (χ0v) is 19.0. The van der Waals surface area contributed by atoms with E-state index < -0.39 is 0 Å². The van der Waals surface area contributed by atoms with Gasteiger partial charge in [-0.3, -0.25) is 9.59 Å². The minimum atomic E-state index is 0.0823. The van der Waals surface area contributed by atoms with Crippen LogP contribution in [0, 0.1) is 0 Å². The lowest BCUT2D eigenvalue weighted by molar-refractivity contribution is -0.946. The van der Waals surface area contributed by atoms with Crippen LogP contribution in [0.1, 0.15) is 60.3 Å². The summed E-state index contributed by atoms with van der Waals surface area (Å²) in [5, 5.41) is 3.01. The van der Waals surface area contributed by atoms with Crippen molar-refractivity contribution in [2.24, 2.45) is 0 Å². The summed E-state index contributed by atoms with van der Waals surface area (Å²) in [6.07, 6.45) is 3.21. The van der Waals surface area contributed by atoms with Crippen LogP contribution in [0.15, 0.2) is 24.3 Å². The van der Waals surface area contributed by atoms with E-state index in [0.29, 0.717) is 37.7 Å². The van der Waals surface area contributed by atoms with Crippen LogP contribution in [-0.2, 0) is 9.59 Å². The zero-order valence-electron chi connectivity index (χ0n) is 19.0. The van der Waals surface area contributed by atoms with E-state index in [1.54, 1.807) is 0 Å². The SMILES string of the molecule is CCCC(C)[N+](CC)(CCNC(=O)CC)CCC(=O)N(CC)c1ccc(N)cc1. The molecule has 29 heavy (non-hydrogen) atoms. The van der Waals surface area contributed by atoms with Crippen molar-refractivity contribution in [1.29, 1.82) is 0 Å². The highest BCUT2D eigenvalue weighted by Gasteiger charge is 2.32. The zero-order chi connectivity index (χ0) is 21.9. The van der Waals surface area contributed by atoms with Gasteiger partial charge in [-0.05, 0) is 51.5 Å². The topological polar surface area (TPSA) is 75.4 Å². The number of carbonyl (C=O) groups excluding carboxylic acids is 2. The van der Waals surface area contributed by atoms with Gasteiger partial charge in [0.05, 0.1) is 38.6 Å². The van der Waals surface area contributed by atoms with Crippen molar-refractivity contribution in [1.82, 2.24) is 5.32 Å². The fourth-order valence-corrected chi connectivity index (χ4v) is 4.03. The first kappa shape index (κ1) is 25.0. The molecule has 0 radical (unpaired) electrons. The highest BCUT2D eigenvalue weighted by Crippen LogP contribution is 2.21. The summed E-state index contributed by atoms with van der Waals surface area (Å²) in [6.45, 7) is 14.4. The molecule has 1 rings (SSSR count). The predicted molar refractivity (Wildman–Crippen MR) is 122 cm³/mol. The van der Waals surface area contributed by atoms with E-state index in [9.17, 15) is 9.59 Å². The highest BCUT2D eigenvalue weighted by atomic mass is 16.2. The number of likely N-dealkylation sites (N-methyl/N-ethyl adjacent to an activating group) is 1. The second kappa shape index (κ2) is 12.5. The molecule has 0 bridgehead atoms. The Morgan fingerprint density at radius 3 is 2.28 bits per heavy atom. The third kappa shape index (κ3) is 7.35. The number of nitrogens with two attached hydrogens (primary N) is 1. The van der Waals surface area contributed by atoms with Gasteiger partial charge in [-0.15, -0.1) is 0 Å². The van der Waals surface area contributed by atoms with Gasteiger partial charge >= 0.3 is 0 Å². The Kier molecular flexibility index (Phi) is 10.7. The molecule has 6 nitrogen and oxygen atoms in total. The van der Waals surface area contributed by atoms with E-state index in [4.69, 9.17) is 5.73 Å². The van der Waals surface area contributed by atoms with Crippen molar-refractivity contribution < 1.29 is 14.1 Å². The molecule has 2 unspecified atom stereocenters. The van der Waals surface area contributed by atoms with Crippen molar-refractivity contribution in [2.45, 2.75) is 66.3 Å². The summed E-state index contributed by atoms with van der Waals surface area (Å²) in [4.78, 5) is 26.5. The Hall–Kier alpha value is -2.08. The molecule has 0 aliphatic rings. The van der Waals surface area contributed by atoms with Crippen molar-refractivity contribution >= 4 is 23.2 Å². The summed E-state index contributed by atoms with van der Waals surface area (Å²) in [5.74, 6) is 0.216. The van der Waals surface area contributed by atoms with E-state index in [1.807, 2.05) is 43.0 Å². The summed E-state index contributed by atoms with van der Waals surface area (Å²) >= 11 is 0. The number of hydrogen-bond acceptors (Lipinski definition) is 3. The number of rotatable bonds is 13. The number of hydrogen-bond donors (Lipinski definition) is 2. The lowest BCUT2D eigenvalue weighted by atomic mass is 10.1. The normalized spacial score (nSPS) is 14.1. The molecule has 3 N–H and O–H groups in total. The average Bonchev–Trinajstić information content (AvgIpc) is 2.72. The second-order valence-corrected chi connectivity index (χ2v) is 7.80. The second-order valence-electron chi connectivity index (χ2n) is 7.80. The molecular weight excluding hydrogens is 364 g/mol. The average molecular weight is 406 g/mol. The van der Waals surface area contributed by atoms with Crippen LogP contribution in [0.3, 0.4) is 0 Å². The first-order valence-corrected chi connectivity index (χ1v) is 11.1. The highest BCUT2D eigenvalue weighted by molar-refractivity contribution is 5.93. The molecule has 0 spiro atoms. The Labute approximate surface area is 177 Å². The fraction of sp³-hybridized carbons (Fsp3) is 0.652. The van der Waals surface area contributed by atoms with Crippen LogP contribution in [-0.4, -0.2) is 55.1 Å². The number of quaternary nitrogens is 1. The number of nitrogen functional groups attached to an aromatic ring is 1. The van der Waals surface area contributed by atoms with Crippen molar-refractivity contribution in [2.75, 3.05) is 43.4 Å². The Balaban J connectivity index is 2.88. The quantitative estimate of drug-likeness (QED) is 0.389. The number of anilines is 2. The minimum absolute atomic E-state index is 0.0823. The summed E-state index contributed by atoms with van der Waals surface area (Å²) in [5.41, 5.74) is 7.36. The van der Waals surface area contributed by atoms with Crippen molar-refractivity contribution in [3.63, 3.8) is 0 Å². The third-order valence-electron chi connectivity index (χ3n) is 6.06. The van der Waals surface area contributed by atoms with Gasteiger partial charge in [-0.2, -0.15) is 0 Å². The van der Waals surface area contributed by atoms with Gasteiger partial charge in [0.15, 0.2) is 0 Å². The number of nitrogens with one attached hydrogen (secondary N) is 1. The maximum Gasteiger partial charge on any atom is 0.232 e. The van der Waals surface area contributed by atoms with Gasteiger partial charge in [-0.1, -0.05) is 20.3 Å². The first-order valence-electron chi connectivity index (χ1n) is 11.1. The van der Waals surface area contributed by atoms with E-state index in [0.717, 1.165) is 42.6 Å². The van der Waals surface area contributed by atoms with Gasteiger partial charge in [-0.25, -0.2) is 0 Å². The molecule has 2 amide bonds. The number of benzene rings is 1. The number of nitrogens with zero attached hydrogens (tertiary/aromatic N) is 2. The molecule has 0 saturated heterocycles. The molecule has 0 heterocycles. The minimum Gasteiger partial charge on any atom is -0.399 e. The Morgan fingerprint density at radius 1 is 1.10 bits per heavy atom. The largest absolute Gasteiger partial charge is 0.399 e. The molecule has 164 valence electrons. The predicted octanol–water partition coefficient (Wildman–Crippen LogP) is 3.56. The maximum atomic E-state index is 13.0. The third-order valence-corrected chi connectivity index (χ3v) is 6.06. The summed E-state index contributed by atoms with van der Waals surface area (Å²) in [7, 11) is 0. The van der Waals surface area contributed by atoms with E-state index in [2.05, 4.69) is 26.1 Å². The molecule has 0 aromatic heterocycles. The van der Waals surface area contributed by atoms with Gasteiger partial charge in [0.25, 0.3) is 0 Å². The Bertz CT molecular complexity index is 632. The molecule has 2 atom stereocenters. The first-order chi connectivity index (χ1) is 13.8. The number of carbonyl (C=O) groups is 2. The lowest BCUT2D eigenvalue weighted by Crippen LogP contribution is -2.58. The van der Waals surface area contributed by atoms with Crippen LogP contribution in [0.2, 0.25) is 0 Å². The standard InChI is InChI=1S/C23H40N4O2/c1-6-10-19(5)27(9-4,18-16-25-22(28)7-2)17-15-23(29)26(8-3)21-13-11-20(24)12-14-21/h11-14,19H,6-10,15-18,24H2,1-5H3/p+1. The van der Waals surface area contributed by atoms with E-state index >= 15 is 0 Å². The van der Waals surface area contributed by atoms with Crippen LogP contribution in [0.25, 0.3) is 0 Å². The molecule has 1 aromatic rings. The van der Waals surface area contributed by atoms with Crippen molar-refractivity contribution in [3.05, 3.63) is 24.3 Å². The van der Waals surface area contributed by atoms with Crippen LogP contribution in [0.4, 0.5) is 11.4 Å².